The minimum Gasteiger partial charge on any atom is -0.351 e. The van der Waals surface area contributed by atoms with Crippen LogP contribution in [0.1, 0.15) is 25.3 Å². The fourth-order valence-corrected chi connectivity index (χ4v) is 1.85. The van der Waals surface area contributed by atoms with Crippen molar-refractivity contribution in [2.75, 3.05) is 0 Å². The number of aromatic amines is 1. The Labute approximate surface area is 91.9 Å². The molecule has 5 heteroatoms. The maximum atomic E-state index is 11.6. The van der Waals surface area contributed by atoms with Gasteiger partial charge in [-0.25, -0.2) is 14.2 Å². The van der Waals surface area contributed by atoms with Crippen LogP contribution in [0.2, 0.25) is 0 Å². The number of rotatable bonds is 1. The molecule has 1 heterocycles. The number of nitrogens with one attached hydrogen (secondary N) is 1. The summed E-state index contributed by atoms with van der Waals surface area (Å²) in [4.78, 5) is 25.4. The van der Waals surface area contributed by atoms with Crippen molar-refractivity contribution in [2.45, 2.75) is 19.8 Å². The molecule has 0 saturated carbocycles. The summed E-state index contributed by atoms with van der Waals surface area (Å²) in [6.07, 6.45) is 0. The number of primary amides is 1. The second-order valence-electron chi connectivity index (χ2n) is 4.00. The molecule has 0 bridgehead atoms. The van der Waals surface area contributed by atoms with Crippen molar-refractivity contribution in [1.82, 2.24) is 9.55 Å². The number of carbonyl (C=O) groups is 1. The Kier molecular flexibility index (Phi) is 2.30. The molecular formula is C11H13N3O2. The van der Waals surface area contributed by atoms with Crippen molar-refractivity contribution in [3.05, 3.63) is 34.2 Å². The zero-order chi connectivity index (χ0) is 11.9. The van der Waals surface area contributed by atoms with Crippen LogP contribution in [0.3, 0.4) is 0 Å². The van der Waals surface area contributed by atoms with Gasteiger partial charge in [-0.05, 0) is 17.5 Å². The fourth-order valence-electron chi connectivity index (χ4n) is 1.85. The second-order valence-corrected chi connectivity index (χ2v) is 4.00. The van der Waals surface area contributed by atoms with E-state index in [0.29, 0.717) is 11.0 Å². The first kappa shape index (κ1) is 10.5. The van der Waals surface area contributed by atoms with Crippen LogP contribution in [0.15, 0.2) is 23.0 Å². The average Bonchev–Trinajstić information content (AvgIpc) is 2.52. The third kappa shape index (κ3) is 1.41. The average molecular weight is 219 g/mol. The predicted molar refractivity (Wildman–Crippen MR) is 61.6 cm³/mol. The lowest BCUT2D eigenvalue weighted by Gasteiger charge is -2.06. The first-order valence-corrected chi connectivity index (χ1v) is 5.06. The summed E-state index contributed by atoms with van der Waals surface area (Å²) >= 11 is 0. The van der Waals surface area contributed by atoms with Gasteiger partial charge in [-0.1, -0.05) is 26.0 Å². The SMILES string of the molecule is CC(C)c1cccc2c1[nH]c(=O)n2C(N)=O. The molecular weight excluding hydrogens is 206 g/mol. The van der Waals surface area contributed by atoms with Gasteiger partial charge in [-0.3, -0.25) is 0 Å². The Morgan fingerprint density at radius 2 is 2.12 bits per heavy atom. The Balaban J connectivity index is 2.88. The van der Waals surface area contributed by atoms with Gasteiger partial charge in [0.2, 0.25) is 0 Å². The van der Waals surface area contributed by atoms with Crippen molar-refractivity contribution in [3.8, 4) is 0 Å². The first-order valence-electron chi connectivity index (χ1n) is 5.06. The van der Waals surface area contributed by atoms with Gasteiger partial charge in [0.1, 0.15) is 0 Å². The Hall–Kier alpha value is -2.04. The monoisotopic (exact) mass is 219 g/mol. The number of aromatic nitrogens is 2. The summed E-state index contributed by atoms with van der Waals surface area (Å²) in [6, 6.07) is 4.67. The molecule has 0 spiro atoms. The van der Waals surface area contributed by atoms with Gasteiger partial charge < -0.3 is 10.7 Å². The summed E-state index contributed by atoms with van der Waals surface area (Å²) in [5, 5.41) is 0. The van der Waals surface area contributed by atoms with Crippen molar-refractivity contribution in [2.24, 2.45) is 5.73 Å². The van der Waals surface area contributed by atoms with E-state index >= 15 is 0 Å². The van der Waals surface area contributed by atoms with E-state index in [4.69, 9.17) is 5.73 Å². The molecule has 0 aliphatic heterocycles. The largest absolute Gasteiger partial charge is 0.351 e. The van der Waals surface area contributed by atoms with Crippen LogP contribution in [0.5, 0.6) is 0 Å². The predicted octanol–water partition coefficient (Wildman–Crippen LogP) is 1.38. The molecule has 0 aliphatic rings. The highest BCUT2D eigenvalue weighted by Gasteiger charge is 2.14. The van der Waals surface area contributed by atoms with Gasteiger partial charge in [-0.15, -0.1) is 0 Å². The van der Waals surface area contributed by atoms with Crippen LogP contribution in [0.4, 0.5) is 4.79 Å². The van der Waals surface area contributed by atoms with Crippen LogP contribution in [0, 0.1) is 0 Å². The molecule has 16 heavy (non-hydrogen) atoms. The molecule has 3 N–H and O–H groups in total. The number of hydrogen-bond acceptors (Lipinski definition) is 2. The maximum absolute atomic E-state index is 11.6. The third-order valence-electron chi connectivity index (χ3n) is 2.59. The Morgan fingerprint density at radius 3 is 2.69 bits per heavy atom. The molecule has 84 valence electrons. The molecule has 1 aromatic carbocycles. The van der Waals surface area contributed by atoms with Crippen LogP contribution >= 0.6 is 0 Å². The van der Waals surface area contributed by atoms with Crippen molar-refractivity contribution >= 4 is 17.1 Å². The van der Waals surface area contributed by atoms with Crippen molar-refractivity contribution in [1.29, 1.82) is 0 Å². The standard InChI is InChI=1S/C11H13N3O2/c1-6(2)7-4-3-5-8-9(7)13-11(16)14(8)10(12)15/h3-6H,1-2H3,(H2,12,15)(H,13,16). The van der Waals surface area contributed by atoms with Crippen LogP contribution in [0.25, 0.3) is 11.0 Å². The third-order valence-corrected chi connectivity index (χ3v) is 2.59. The lowest BCUT2D eigenvalue weighted by Crippen LogP contribution is -2.29. The summed E-state index contributed by atoms with van der Waals surface area (Å²) in [6.45, 7) is 4.05. The topological polar surface area (TPSA) is 80.9 Å². The van der Waals surface area contributed by atoms with Gasteiger partial charge in [0.15, 0.2) is 0 Å². The Morgan fingerprint density at radius 1 is 1.44 bits per heavy atom. The van der Waals surface area contributed by atoms with Crippen LogP contribution in [-0.2, 0) is 0 Å². The van der Waals surface area contributed by atoms with E-state index in [1.807, 2.05) is 26.0 Å². The number of imidazole rings is 1. The van der Waals surface area contributed by atoms with Gasteiger partial charge in [0.25, 0.3) is 0 Å². The number of amides is 1. The summed E-state index contributed by atoms with van der Waals surface area (Å²) in [5.74, 6) is 0.267. The molecule has 1 aromatic heterocycles. The summed E-state index contributed by atoms with van der Waals surface area (Å²) < 4.78 is 0.946. The number of benzene rings is 1. The molecule has 2 rings (SSSR count). The minimum absolute atomic E-state index is 0.267. The number of hydrogen-bond donors (Lipinski definition) is 2. The molecule has 2 aromatic rings. The highest BCUT2D eigenvalue weighted by Crippen LogP contribution is 2.22. The van der Waals surface area contributed by atoms with E-state index in [1.54, 1.807) is 6.07 Å². The lowest BCUT2D eigenvalue weighted by molar-refractivity contribution is 0.250. The van der Waals surface area contributed by atoms with E-state index < -0.39 is 11.7 Å². The number of H-pyrrole nitrogens is 1. The quantitative estimate of drug-likeness (QED) is 0.759. The number of nitrogens with two attached hydrogens (primary N) is 1. The van der Waals surface area contributed by atoms with E-state index in [2.05, 4.69) is 4.98 Å². The zero-order valence-electron chi connectivity index (χ0n) is 9.15. The number of para-hydroxylation sites is 1. The van der Waals surface area contributed by atoms with Crippen molar-refractivity contribution < 1.29 is 4.79 Å². The molecule has 0 unspecified atom stereocenters. The number of fused-ring (bicyclic) bond motifs is 1. The van der Waals surface area contributed by atoms with E-state index in [9.17, 15) is 9.59 Å². The molecule has 0 saturated heterocycles. The summed E-state index contributed by atoms with van der Waals surface area (Å²) in [5.41, 5.74) is 6.87. The molecule has 0 radical (unpaired) electrons. The Bertz CT molecular complexity index is 607. The smallest absolute Gasteiger partial charge is 0.334 e. The molecule has 1 amide bonds. The van der Waals surface area contributed by atoms with Gasteiger partial charge in [0, 0.05) is 0 Å². The number of nitrogens with zero attached hydrogens (tertiary/aromatic N) is 1. The lowest BCUT2D eigenvalue weighted by atomic mass is 10.0. The summed E-state index contributed by atoms with van der Waals surface area (Å²) in [7, 11) is 0. The zero-order valence-corrected chi connectivity index (χ0v) is 9.15. The van der Waals surface area contributed by atoms with Crippen LogP contribution < -0.4 is 11.4 Å². The van der Waals surface area contributed by atoms with E-state index in [0.717, 1.165) is 10.1 Å². The number of carbonyl (C=O) groups excluding carboxylic acids is 1. The highest BCUT2D eigenvalue weighted by atomic mass is 16.2. The second kappa shape index (κ2) is 3.52. The fraction of sp³-hybridized carbons (Fsp3) is 0.273. The normalized spacial score (nSPS) is 11.2. The van der Waals surface area contributed by atoms with Gasteiger partial charge in [-0.2, -0.15) is 0 Å². The molecule has 5 nitrogen and oxygen atoms in total. The van der Waals surface area contributed by atoms with E-state index in [1.165, 1.54) is 0 Å². The highest BCUT2D eigenvalue weighted by molar-refractivity contribution is 5.89. The van der Waals surface area contributed by atoms with Crippen molar-refractivity contribution in [3.63, 3.8) is 0 Å². The van der Waals surface area contributed by atoms with E-state index in [-0.39, 0.29) is 5.92 Å². The maximum Gasteiger partial charge on any atom is 0.334 e. The van der Waals surface area contributed by atoms with Gasteiger partial charge >= 0.3 is 11.7 Å². The van der Waals surface area contributed by atoms with Gasteiger partial charge in [0.05, 0.1) is 11.0 Å². The molecule has 0 atom stereocenters. The molecule has 0 aliphatic carbocycles. The molecule has 0 fully saturated rings. The minimum atomic E-state index is -0.767. The first-order chi connectivity index (χ1) is 7.52. The van der Waals surface area contributed by atoms with Crippen LogP contribution in [-0.4, -0.2) is 15.6 Å².